The molecule has 5 heteroatoms. The van der Waals surface area contributed by atoms with E-state index in [9.17, 15) is 4.79 Å². The Morgan fingerprint density at radius 3 is 2.55 bits per heavy atom. The maximum atomic E-state index is 9.97. The maximum Gasteiger partial charge on any atom is 0.211 e. The number of anilines is 2. The van der Waals surface area contributed by atoms with Crippen molar-refractivity contribution in [1.82, 2.24) is 10.2 Å². The number of aromatic nitrogens is 2. The lowest BCUT2D eigenvalue weighted by molar-refractivity contribution is -0.105. The third-order valence-electron chi connectivity index (χ3n) is 5.27. The lowest BCUT2D eigenvalue weighted by Gasteiger charge is -2.07. The van der Waals surface area contributed by atoms with Crippen LogP contribution in [0, 0.1) is 13.8 Å². The first-order chi connectivity index (χ1) is 15.1. The second kappa shape index (κ2) is 8.71. The predicted octanol–water partition coefficient (Wildman–Crippen LogP) is 5.84. The molecule has 0 radical (unpaired) electrons. The second-order valence-electron chi connectivity index (χ2n) is 7.48. The van der Waals surface area contributed by atoms with Gasteiger partial charge in [-0.25, -0.2) is 0 Å². The highest BCUT2D eigenvalue weighted by Gasteiger charge is 2.10. The normalized spacial score (nSPS) is 10.5. The van der Waals surface area contributed by atoms with Crippen molar-refractivity contribution in [3.8, 4) is 11.1 Å². The smallest absolute Gasteiger partial charge is 0.211 e. The van der Waals surface area contributed by atoms with Gasteiger partial charge < -0.3 is 11.1 Å². The van der Waals surface area contributed by atoms with Gasteiger partial charge in [0.15, 0.2) is 5.82 Å². The van der Waals surface area contributed by atoms with Crippen LogP contribution in [0.15, 0.2) is 78.9 Å². The van der Waals surface area contributed by atoms with Crippen LogP contribution in [0.1, 0.15) is 11.1 Å². The summed E-state index contributed by atoms with van der Waals surface area (Å²) in [5.74, 6) is 0.546. The van der Waals surface area contributed by atoms with E-state index in [1.807, 2.05) is 43.3 Å². The number of nitrogens with two attached hydrogens (primary N) is 1. The summed E-state index contributed by atoms with van der Waals surface area (Å²) in [4.78, 5) is 9.97. The number of nitrogens with one attached hydrogen (secondary N) is 2. The lowest BCUT2D eigenvalue weighted by Crippen LogP contribution is -1.92. The molecule has 0 unspecified atom stereocenters. The number of amides is 1. The predicted molar refractivity (Wildman–Crippen MR) is 129 cm³/mol. The number of carbonyl (C=O) groups excluding carboxylic acids is 1. The van der Waals surface area contributed by atoms with Gasteiger partial charge in [0.1, 0.15) is 0 Å². The number of fused-ring (bicyclic) bond motifs is 2. The summed E-state index contributed by atoms with van der Waals surface area (Å²) in [6, 6.07) is 26.7. The van der Waals surface area contributed by atoms with Gasteiger partial charge in [-0.1, -0.05) is 54.6 Å². The van der Waals surface area contributed by atoms with Gasteiger partial charge in [0.2, 0.25) is 6.41 Å². The number of carbonyl (C=O) groups is 1. The van der Waals surface area contributed by atoms with Gasteiger partial charge in [0, 0.05) is 5.69 Å². The quantitative estimate of drug-likeness (QED) is 0.328. The Kier molecular flexibility index (Phi) is 5.67. The van der Waals surface area contributed by atoms with Crippen molar-refractivity contribution >= 4 is 39.6 Å². The standard InChI is InChI=1S/C18H15N3.C8H9NO/c1-11-4-2-5-12-10-13(8-9-14(11)12)15-6-3-7-16-17(15)18(19)21-20-16;1-7-3-2-4-8(5-7)9-6-10/h2-10H,1H3,(H3,19,20,21);2-6H,1H3,(H,9,10). The molecule has 31 heavy (non-hydrogen) atoms. The molecule has 5 rings (SSSR count). The summed E-state index contributed by atoms with van der Waals surface area (Å²) < 4.78 is 0. The number of aryl methyl sites for hydroxylation is 2. The molecule has 0 aliphatic rings. The number of nitrogen functional groups attached to an aromatic ring is 1. The Hall–Kier alpha value is -4.12. The second-order valence-corrected chi connectivity index (χ2v) is 7.48. The molecule has 1 amide bonds. The minimum absolute atomic E-state index is 0.546. The Morgan fingerprint density at radius 2 is 1.74 bits per heavy atom. The van der Waals surface area contributed by atoms with Crippen molar-refractivity contribution in [2.75, 3.05) is 11.1 Å². The molecule has 5 aromatic rings. The van der Waals surface area contributed by atoms with E-state index in [1.165, 1.54) is 16.3 Å². The SMILES string of the molecule is Cc1cccc(NC=O)c1.Cc1cccc2cc(-c3cccc4[nH]nc(N)c34)ccc12. The lowest BCUT2D eigenvalue weighted by atomic mass is 9.97. The molecule has 0 fully saturated rings. The van der Waals surface area contributed by atoms with Crippen molar-refractivity contribution in [3.63, 3.8) is 0 Å². The first kappa shape index (κ1) is 20.2. The summed E-state index contributed by atoms with van der Waals surface area (Å²) in [5.41, 5.74) is 12.5. The van der Waals surface area contributed by atoms with Gasteiger partial charge in [-0.05, 0) is 71.1 Å². The summed E-state index contributed by atoms with van der Waals surface area (Å²) in [6.07, 6.45) is 0.675. The first-order valence-electron chi connectivity index (χ1n) is 10.1. The molecule has 0 aliphatic heterocycles. The fourth-order valence-electron chi connectivity index (χ4n) is 3.75. The average Bonchev–Trinajstić information content (AvgIpc) is 3.16. The maximum absolute atomic E-state index is 9.97. The number of aromatic amines is 1. The third-order valence-corrected chi connectivity index (χ3v) is 5.27. The summed E-state index contributed by atoms with van der Waals surface area (Å²) >= 11 is 0. The van der Waals surface area contributed by atoms with Crippen LogP contribution < -0.4 is 11.1 Å². The highest BCUT2D eigenvalue weighted by atomic mass is 16.1. The molecule has 0 saturated heterocycles. The molecule has 0 saturated carbocycles. The largest absolute Gasteiger partial charge is 0.382 e. The average molecular weight is 409 g/mol. The first-order valence-corrected chi connectivity index (χ1v) is 10.1. The Bertz CT molecular complexity index is 1370. The van der Waals surface area contributed by atoms with Crippen LogP contribution in [0.5, 0.6) is 0 Å². The van der Waals surface area contributed by atoms with Gasteiger partial charge in [0.25, 0.3) is 0 Å². The van der Waals surface area contributed by atoms with Crippen molar-refractivity contribution in [2.24, 2.45) is 0 Å². The molecular formula is C26H24N4O. The summed E-state index contributed by atoms with van der Waals surface area (Å²) in [5, 5.41) is 13.2. The van der Waals surface area contributed by atoms with Crippen molar-refractivity contribution < 1.29 is 4.79 Å². The van der Waals surface area contributed by atoms with E-state index >= 15 is 0 Å². The number of hydrogen-bond acceptors (Lipinski definition) is 3. The van der Waals surface area contributed by atoms with Crippen LogP contribution in [0.4, 0.5) is 11.5 Å². The molecular weight excluding hydrogens is 384 g/mol. The van der Waals surface area contributed by atoms with Crippen molar-refractivity contribution in [3.05, 3.63) is 90.0 Å². The molecule has 0 atom stereocenters. The van der Waals surface area contributed by atoms with Gasteiger partial charge in [-0.15, -0.1) is 0 Å². The van der Waals surface area contributed by atoms with E-state index in [0.29, 0.717) is 12.2 Å². The van der Waals surface area contributed by atoms with E-state index in [0.717, 1.165) is 33.3 Å². The summed E-state index contributed by atoms with van der Waals surface area (Å²) in [7, 11) is 0. The summed E-state index contributed by atoms with van der Waals surface area (Å²) in [6.45, 7) is 4.12. The molecule has 154 valence electrons. The number of H-pyrrole nitrogens is 1. The molecule has 4 N–H and O–H groups in total. The molecule has 1 heterocycles. The van der Waals surface area contributed by atoms with Gasteiger partial charge >= 0.3 is 0 Å². The molecule has 0 bridgehead atoms. The monoisotopic (exact) mass is 408 g/mol. The van der Waals surface area contributed by atoms with E-state index in [4.69, 9.17) is 5.73 Å². The van der Waals surface area contributed by atoms with Crippen LogP contribution in [-0.2, 0) is 4.79 Å². The number of benzene rings is 4. The van der Waals surface area contributed by atoms with Gasteiger partial charge in [-0.3, -0.25) is 9.89 Å². The van der Waals surface area contributed by atoms with E-state index in [1.54, 1.807) is 0 Å². The zero-order chi connectivity index (χ0) is 21.8. The van der Waals surface area contributed by atoms with Crippen LogP contribution >= 0.6 is 0 Å². The minimum atomic E-state index is 0.546. The molecule has 0 spiro atoms. The fourth-order valence-corrected chi connectivity index (χ4v) is 3.75. The van der Waals surface area contributed by atoms with E-state index in [2.05, 4.69) is 64.9 Å². The van der Waals surface area contributed by atoms with Crippen molar-refractivity contribution in [2.45, 2.75) is 13.8 Å². The molecule has 0 aliphatic carbocycles. The van der Waals surface area contributed by atoms with Crippen LogP contribution in [0.25, 0.3) is 32.8 Å². The minimum Gasteiger partial charge on any atom is -0.382 e. The third kappa shape index (κ3) is 4.26. The highest BCUT2D eigenvalue weighted by Crippen LogP contribution is 2.33. The molecule has 4 aromatic carbocycles. The molecule has 1 aromatic heterocycles. The van der Waals surface area contributed by atoms with Gasteiger partial charge in [-0.2, -0.15) is 5.10 Å². The van der Waals surface area contributed by atoms with Crippen LogP contribution in [0.2, 0.25) is 0 Å². The Morgan fingerprint density at radius 1 is 0.935 bits per heavy atom. The van der Waals surface area contributed by atoms with Gasteiger partial charge in [0.05, 0.1) is 10.9 Å². The van der Waals surface area contributed by atoms with Crippen LogP contribution in [0.3, 0.4) is 0 Å². The Labute approximate surface area is 180 Å². The van der Waals surface area contributed by atoms with Crippen LogP contribution in [-0.4, -0.2) is 16.6 Å². The molecule has 5 nitrogen and oxygen atoms in total. The number of hydrogen-bond donors (Lipinski definition) is 3. The zero-order valence-electron chi connectivity index (χ0n) is 17.5. The Balaban J connectivity index is 0.000000196. The van der Waals surface area contributed by atoms with E-state index < -0.39 is 0 Å². The fraction of sp³-hybridized carbons (Fsp3) is 0.0769. The topological polar surface area (TPSA) is 83.8 Å². The van der Waals surface area contributed by atoms with E-state index in [-0.39, 0.29) is 0 Å². The number of rotatable bonds is 3. The zero-order valence-corrected chi connectivity index (χ0v) is 17.5. The number of nitrogens with zero attached hydrogens (tertiary/aromatic N) is 1. The highest BCUT2D eigenvalue weighted by molar-refractivity contribution is 6.03. The van der Waals surface area contributed by atoms with Crippen molar-refractivity contribution in [1.29, 1.82) is 0 Å².